The van der Waals surface area contributed by atoms with Crippen molar-refractivity contribution in [2.75, 3.05) is 5.75 Å². The first-order valence-corrected chi connectivity index (χ1v) is 9.07. The molecule has 1 saturated carbocycles. The fourth-order valence-electron chi connectivity index (χ4n) is 3.01. The minimum absolute atomic E-state index is 0.171. The molecule has 1 aliphatic rings. The smallest absolute Gasteiger partial charge is 0.180 e. The molecule has 1 aromatic rings. The summed E-state index contributed by atoms with van der Waals surface area (Å²) < 4.78 is 25.0. The van der Waals surface area contributed by atoms with E-state index >= 15 is 0 Å². The summed E-state index contributed by atoms with van der Waals surface area (Å²) in [6.45, 7) is 1.78. The molecule has 4 heteroatoms. The Morgan fingerprint density at radius 1 is 1.20 bits per heavy atom. The second-order valence-corrected chi connectivity index (χ2v) is 7.84. The van der Waals surface area contributed by atoms with Gasteiger partial charge in [-0.1, -0.05) is 50.1 Å². The average molecular weight is 294 g/mol. The summed E-state index contributed by atoms with van der Waals surface area (Å²) >= 11 is 0. The molecule has 110 valence electrons. The largest absolute Gasteiger partial charge is 0.293 e. The maximum Gasteiger partial charge on any atom is 0.180 e. The summed E-state index contributed by atoms with van der Waals surface area (Å²) in [7, 11) is -3.35. The highest BCUT2D eigenvalue weighted by atomic mass is 32.2. The number of sulfone groups is 1. The molecule has 0 amide bonds. The van der Waals surface area contributed by atoms with E-state index < -0.39 is 15.1 Å². The van der Waals surface area contributed by atoms with E-state index in [1.54, 1.807) is 31.2 Å². The van der Waals surface area contributed by atoms with Gasteiger partial charge in [0.05, 0.1) is 5.75 Å². The highest BCUT2D eigenvalue weighted by Crippen LogP contribution is 2.28. The zero-order valence-corrected chi connectivity index (χ0v) is 12.7. The summed E-state index contributed by atoms with van der Waals surface area (Å²) in [5, 5.41) is -0.884. The van der Waals surface area contributed by atoms with Crippen molar-refractivity contribution in [1.29, 1.82) is 0 Å². The molecule has 1 aliphatic carbocycles. The van der Waals surface area contributed by atoms with E-state index in [1.165, 1.54) is 0 Å². The monoisotopic (exact) mass is 294 g/mol. The number of ketones is 1. The highest BCUT2D eigenvalue weighted by molar-refractivity contribution is 7.92. The van der Waals surface area contributed by atoms with Gasteiger partial charge < -0.3 is 0 Å². The van der Waals surface area contributed by atoms with E-state index in [0.717, 1.165) is 25.7 Å². The molecule has 0 heterocycles. The van der Waals surface area contributed by atoms with E-state index in [-0.39, 0.29) is 17.5 Å². The van der Waals surface area contributed by atoms with Gasteiger partial charge in [-0.2, -0.15) is 0 Å². The van der Waals surface area contributed by atoms with Gasteiger partial charge in [0.1, 0.15) is 5.25 Å². The lowest BCUT2D eigenvalue weighted by Gasteiger charge is -2.17. The van der Waals surface area contributed by atoms with Crippen LogP contribution in [-0.2, 0) is 9.84 Å². The average Bonchev–Trinajstić information content (AvgIpc) is 2.92. The zero-order valence-electron chi connectivity index (χ0n) is 11.9. The maximum atomic E-state index is 12.5. The number of hydrogen-bond acceptors (Lipinski definition) is 3. The number of hydrogen-bond donors (Lipinski definition) is 0. The van der Waals surface area contributed by atoms with Crippen LogP contribution in [0.3, 0.4) is 0 Å². The van der Waals surface area contributed by atoms with Crippen LogP contribution < -0.4 is 0 Å². The van der Waals surface area contributed by atoms with E-state index in [1.807, 2.05) is 6.07 Å². The number of rotatable bonds is 6. The zero-order chi connectivity index (χ0) is 14.6. The summed E-state index contributed by atoms with van der Waals surface area (Å²) in [6, 6.07) is 8.74. The summed E-state index contributed by atoms with van der Waals surface area (Å²) in [5.74, 6) is 0.160. The third kappa shape index (κ3) is 3.48. The molecule has 0 aromatic heterocycles. The van der Waals surface area contributed by atoms with E-state index in [4.69, 9.17) is 0 Å². The summed E-state index contributed by atoms with van der Waals surface area (Å²) in [4.78, 5) is 12.4. The molecule has 20 heavy (non-hydrogen) atoms. The number of carbonyl (C=O) groups excluding carboxylic acids is 1. The molecule has 0 N–H and O–H groups in total. The van der Waals surface area contributed by atoms with Crippen LogP contribution in [0.15, 0.2) is 30.3 Å². The molecule has 3 nitrogen and oxygen atoms in total. The molecular weight excluding hydrogens is 272 g/mol. The SMILES string of the molecule is CCC(C(=O)c1ccccc1)S(=O)(=O)CC1CCCC1. The molecule has 0 saturated heterocycles. The van der Waals surface area contributed by atoms with Gasteiger partial charge in [0.25, 0.3) is 0 Å². The van der Waals surface area contributed by atoms with Crippen molar-refractivity contribution < 1.29 is 13.2 Å². The van der Waals surface area contributed by atoms with Gasteiger partial charge in [-0.15, -0.1) is 0 Å². The quantitative estimate of drug-likeness (QED) is 0.757. The Morgan fingerprint density at radius 2 is 1.80 bits per heavy atom. The van der Waals surface area contributed by atoms with E-state index in [9.17, 15) is 13.2 Å². The standard InChI is InChI=1S/C16H22O3S/c1-2-15(16(17)14-10-4-3-5-11-14)20(18,19)12-13-8-6-7-9-13/h3-5,10-11,13,15H,2,6-9,12H2,1H3. The van der Waals surface area contributed by atoms with Gasteiger partial charge in [-0.05, 0) is 25.2 Å². The van der Waals surface area contributed by atoms with Crippen LogP contribution in [0.4, 0.5) is 0 Å². The van der Waals surface area contributed by atoms with Gasteiger partial charge in [0.15, 0.2) is 15.6 Å². The minimum Gasteiger partial charge on any atom is -0.293 e. The van der Waals surface area contributed by atoms with Gasteiger partial charge >= 0.3 is 0 Å². The van der Waals surface area contributed by atoms with E-state index in [2.05, 4.69) is 0 Å². The Hall–Kier alpha value is -1.16. The fraction of sp³-hybridized carbons (Fsp3) is 0.562. The number of carbonyl (C=O) groups is 1. The molecule has 0 aliphatic heterocycles. The van der Waals surface area contributed by atoms with Crippen LogP contribution in [0.1, 0.15) is 49.4 Å². The Labute approximate surface area is 121 Å². The van der Waals surface area contributed by atoms with Crippen molar-refractivity contribution >= 4 is 15.6 Å². The van der Waals surface area contributed by atoms with Crippen LogP contribution in [0, 0.1) is 5.92 Å². The van der Waals surface area contributed by atoms with Crippen molar-refractivity contribution in [3.63, 3.8) is 0 Å². The van der Waals surface area contributed by atoms with Gasteiger partial charge in [-0.3, -0.25) is 4.79 Å². The normalized spacial score (nSPS) is 18.1. The molecule has 0 bridgehead atoms. The highest BCUT2D eigenvalue weighted by Gasteiger charge is 2.34. The Balaban J connectivity index is 2.16. The first kappa shape index (κ1) is 15.2. The Bertz CT molecular complexity index is 542. The van der Waals surface area contributed by atoms with Crippen molar-refractivity contribution in [2.45, 2.75) is 44.3 Å². The predicted octanol–water partition coefficient (Wildman–Crippen LogP) is 3.25. The summed E-state index contributed by atoms with van der Waals surface area (Å²) in [6.07, 6.45) is 4.54. The van der Waals surface area contributed by atoms with Crippen LogP contribution in [0.2, 0.25) is 0 Å². The number of Topliss-reactive ketones (excluding diaryl/α,β-unsaturated/α-hetero) is 1. The predicted molar refractivity (Wildman–Crippen MR) is 80.6 cm³/mol. The van der Waals surface area contributed by atoms with E-state index in [0.29, 0.717) is 12.0 Å². The number of benzene rings is 1. The molecular formula is C16H22O3S. The molecule has 0 radical (unpaired) electrons. The molecule has 1 atom stereocenters. The molecule has 0 spiro atoms. The van der Waals surface area contributed by atoms with Crippen molar-refractivity contribution in [2.24, 2.45) is 5.92 Å². The molecule has 1 unspecified atom stereocenters. The Morgan fingerprint density at radius 3 is 2.35 bits per heavy atom. The lowest BCUT2D eigenvalue weighted by molar-refractivity contribution is 0.0985. The Kier molecular flexibility index (Phi) is 4.97. The molecule has 2 rings (SSSR count). The second kappa shape index (κ2) is 6.53. The topological polar surface area (TPSA) is 51.2 Å². The van der Waals surface area contributed by atoms with Crippen LogP contribution in [0.5, 0.6) is 0 Å². The van der Waals surface area contributed by atoms with Crippen molar-refractivity contribution in [3.8, 4) is 0 Å². The maximum absolute atomic E-state index is 12.5. The lowest BCUT2D eigenvalue weighted by Crippen LogP contribution is -2.33. The summed E-state index contributed by atoms with van der Waals surface area (Å²) in [5.41, 5.74) is 0.495. The third-order valence-electron chi connectivity index (χ3n) is 4.10. The first-order chi connectivity index (χ1) is 9.54. The van der Waals surface area contributed by atoms with Gasteiger partial charge in [0.2, 0.25) is 0 Å². The second-order valence-electron chi connectivity index (χ2n) is 5.61. The third-order valence-corrected chi connectivity index (χ3v) is 6.45. The first-order valence-electron chi connectivity index (χ1n) is 7.35. The minimum atomic E-state index is -3.35. The van der Waals surface area contributed by atoms with Crippen LogP contribution in [-0.4, -0.2) is 25.2 Å². The lowest BCUT2D eigenvalue weighted by atomic mass is 10.1. The molecule has 1 aromatic carbocycles. The van der Waals surface area contributed by atoms with Crippen molar-refractivity contribution in [1.82, 2.24) is 0 Å². The van der Waals surface area contributed by atoms with Crippen LogP contribution in [0.25, 0.3) is 0 Å². The van der Waals surface area contributed by atoms with Crippen molar-refractivity contribution in [3.05, 3.63) is 35.9 Å². The fourth-order valence-corrected chi connectivity index (χ4v) is 5.21. The van der Waals surface area contributed by atoms with Crippen LogP contribution >= 0.6 is 0 Å². The molecule has 1 fully saturated rings. The van der Waals surface area contributed by atoms with Gasteiger partial charge in [-0.25, -0.2) is 8.42 Å². The van der Waals surface area contributed by atoms with Gasteiger partial charge in [0, 0.05) is 5.56 Å².